The van der Waals surface area contributed by atoms with Crippen LogP contribution in [0.25, 0.3) is 10.9 Å². The molecule has 4 rings (SSSR count). The molecule has 1 unspecified atom stereocenters. The van der Waals surface area contributed by atoms with Gasteiger partial charge in [0.15, 0.2) is 11.5 Å². The van der Waals surface area contributed by atoms with Gasteiger partial charge in [0, 0.05) is 24.7 Å². The lowest BCUT2D eigenvalue weighted by molar-refractivity contribution is 0.171. The van der Waals surface area contributed by atoms with Gasteiger partial charge in [0.25, 0.3) is 5.56 Å². The highest BCUT2D eigenvalue weighted by atomic mass is 32.2. The smallest absolute Gasteiger partial charge is 0.252 e. The summed E-state index contributed by atoms with van der Waals surface area (Å²) in [5.41, 5.74) is 3.21. The van der Waals surface area contributed by atoms with Gasteiger partial charge in [0.05, 0.1) is 17.0 Å². The number of benzene rings is 2. The summed E-state index contributed by atoms with van der Waals surface area (Å²) >= 11 is 0. The Morgan fingerprint density at radius 3 is 2.63 bits per heavy atom. The molecule has 0 amide bonds. The van der Waals surface area contributed by atoms with Gasteiger partial charge in [0.2, 0.25) is 0 Å². The Morgan fingerprint density at radius 1 is 1.10 bits per heavy atom. The lowest BCUT2D eigenvalue weighted by Gasteiger charge is -2.22. The molecule has 1 aliphatic heterocycles. The maximum atomic E-state index is 13.2. The van der Waals surface area contributed by atoms with Crippen molar-refractivity contribution in [2.24, 2.45) is 0 Å². The van der Waals surface area contributed by atoms with Crippen molar-refractivity contribution in [3.05, 3.63) is 63.4 Å². The van der Waals surface area contributed by atoms with Crippen LogP contribution in [-0.2, 0) is 17.5 Å². The van der Waals surface area contributed by atoms with Gasteiger partial charge in [-0.2, -0.15) is 0 Å². The molecule has 3 aromatic rings. The van der Waals surface area contributed by atoms with E-state index in [0.717, 1.165) is 22.0 Å². The predicted molar refractivity (Wildman–Crippen MR) is 115 cm³/mol. The molecule has 1 aromatic heterocycles. The average molecular weight is 429 g/mol. The minimum absolute atomic E-state index is 0.139. The number of pyridine rings is 1. The predicted octanol–water partition coefficient (Wildman–Crippen LogP) is 2.43. The molecular formula is C22H24N2O5S. The van der Waals surface area contributed by atoms with Gasteiger partial charge in [0.1, 0.15) is 24.2 Å². The third-order valence-corrected chi connectivity index (χ3v) is 6.71. The Hall–Kier alpha value is -2.68. The van der Waals surface area contributed by atoms with Crippen molar-refractivity contribution < 1.29 is 18.8 Å². The lowest BCUT2D eigenvalue weighted by atomic mass is 10.0. The van der Waals surface area contributed by atoms with Crippen molar-refractivity contribution in [3.8, 4) is 11.5 Å². The number of nitrogens with zero attached hydrogens (tertiary/aromatic N) is 1. The number of H-pyrrole nitrogens is 1. The number of aromatic amines is 1. The number of fused-ring (bicyclic) bond motifs is 2. The zero-order valence-corrected chi connectivity index (χ0v) is 17.8. The fourth-order valence-corrected chi connectivity index (χ4v) is 4.69. The quantitative estimate of drug-likeness (QED) is 0.629. The monoisotopic (exact) mass is 428 g/mol. The molecule has 2 N–H and O–H groups in total. The van der Waals surface area contributed by atoms with Crippen LogP contribution >= 0.6 is 0 Å². The van der Waals surface area contributed by atoms with Gasteiger partial charge in [-0.1, -0.05) is 12.1 Å². The Kier molecular flexibility index (Phi) is 5.90. The SMILES string of the molecule is Cc1ccc2cc(CN(CCO)S(=O)c3ccc4c(c3)OCCO4)c(=O)[nH]c2c1C. The van der Waals surface area contributed by atoms with E-state index in [1.54, 1.807) is 22.5 Å². The number of hydrogen-bond acceptors (Lipinski definition) is 5. The van der Waals surface area contributed by atoms with Crippen LogP contribution in [0, 0.1) is 13.8 Å². The highest BCUT2D eigenvalue weighted by Gasteiger charge is 2.20. The number of hydrogen-bond donors (Lipinski definition) is 2. The highest BCUT2D eigenvalue weighted by molar-refractivity contribution is 7.82. The third-order valence-electron chi connectivity index (χ3n) is 5.27. The maximum absolute atomic E-state index is 13.2. The van der Waals surface area contributed by atoms with E-state index < -0.39 is 11.0 Å². The summed E-state index contributed by atoms with van der Waals surface area (Å²) in [6.07, 6.45) is 0. The Morgan fingerprint density at radius 2 is 1.87 bits per heavy atom. The number of aliphatic hydroxyl groups is 1. The van der Waals surface area contributed by atoms with Gasteiger partial charge < -0.3 is 19.6 Å². The van der Waals surface area contributed by atoms with E-state index in [2.05, 4.69) is 4.98 Å². The summed E-state index contributed by atoms with van der Waals surface area (Å²) < 4.78 is 25.9. The summed E-state index contributed by atoms with van der Waals surface area (Å²) in [5.74, 6) is 1.16. The Bertz CT molecular complexity index is 1170. The van der Waals surface area contributed by atoms with Crippen LogP contribution in [0.5, 0.6) is 11.5 Å². The number of nitrogens with one attached hydrogen (secondary N) is 1. The number of aliphatic hydroxyl groups excluding tert-OH is 1. The highest BCUT2D eigenvalue weighted by Crippen LogP contribution is 2.32. The summed E-state index contributed by atoms with van der Waals surface area (Å²) in [4.78, 5) is 16.2. The molecule has 30 heavy (non-hydrogen) atoms. The molecule has 0 aliphatic carbocycles. The molecule has 2 aromatic carbocycles. The van der Waals surface area contributed by atoms with Crippen molar-refractivity contribution in [1.29, 1.82) is 0 Å². The van der Waals surface area contributed by atoms with E-state index in [1.807, 2.05) is 32.0 Å². The topological polar surface area (TPSA) is 91.9 Å². The van der Waals surface area contributed by atoms with E-state index in [0.29, 0.717) is 35.2 Å². The van der Waals surface area contributed by atoms with E-state index in [9.17, 15) is 14.1 Å². The van der Waals surface area contributed by atoms with Crippen molar-refractivity contribution in [2.45, 2.75) is 25.3 Å². The van der Waals surface area contributed by atoms with Gasteiger partial charge in [-0.15, -0.1) is 0 Å². The first-order valence-corrected chi connectivity index (χ1v) is 10.9. The van der Waals surface area contributed by atoms with Gasteiger partial charge in [-0.25, -0.2) is 8.51 Å². The lowest BCUT2D eigenvalue weighted by Crippen LogP contribution is -2.31. The molecule has 0 bridgehead atoms. The standard InChI is InChI=1S/C22H24N2O5S/c1-14-3-4-16-11-17(22(26)23-21(16)15(14)2)13-24(7-8-25)30(27)18-5-6-19-20(12-18)29-10-9-28-19/h3-6,11-12,25H,7-10,13H2,1-2H3,(H,23,26). The van der Waals surface area contributed by atoms with Crippen molar-refractivity contribution >= 4 is 21.9 Å². The summed E-state index contributed by atoms with van der Waals surface area (Å²) in [7, 11) is -1.58. The number of ether oxygens (including phenoxy) is 2. The molecule has 8 heteroatoms. The fourth-order valence-electron chi connectivity index (χ4n) is 3.49. The molecule has 1 aliphatic rings. The zero-order chi connectivity index (χ0) is 21.3. The van der Waals surface area contributed by atoms with Crippen LogP contribution < -0.4 is 15.0 Å². The molecule has 0 saturated heterocycles. The molecule has 7 nitrogen and oxygen atoms in total. The Balaban J connectivity index is 1.65. The molecule has 158 valence electrons. The fraction of sp³-hybridized carbons (Fsp3) is 0.318. The first-order valence-electron chi connectivity index (χ1n) is 9.77. The third kappa shape index (κ3) is 3.98. The molecule has 1 atom stereocenters. The molecular weight excluding hydrogens is 404 g/mol. The summed E-state index contributed by atoms with van der Waals surface area (Å²) in [6.45, 7) is 5.01. The Labute approximate surface area is 176 Å². The van der Waals surface area contributed by atoms with E-state index in [-0.39, 0.29) is 25.3 Å². The van der Waals surface area contributed by atoms with Crippen LogP contribution in [0.3, 0.4) is 0 Å². The second-order valence-electron chi connectivity index (χ2n) is 7.24. The zero-order valence-electron chi connectivity index (χ0n) is 16.9. The van der Waals surface area contributed by atoms with Crippen molar-refractivity contribution in [2.75, 3.05) is 26.4 Å². The van der Waals surface area contributed by atoms with Crippen LogP contribution in [0.2, 0.25) is 0 Å². The van der Waals surface area contributed by atoms with E-state index >= 15 is 0 Å². The largest absolute Gasteiger partial charge is 0.486 e. The molecule has 0 spiro atoms. The van der Waals surface area contributed by atoms with Gasteiger partial charge in [-0.05, 0) is 48.6 Å². The van der Waals surface area contributed by atoms with E-state index in [4.69, 9.17) is 9.47 Å². The number of rotatable bonds is 6. The average Bonchev–Trinajstić information content (AvgIpc) is 2.76. The van der Waals surface area contributed by atoms with Crippen LogP contribution in [0.1, 0.15) is 16.7 Å². The second kappa shape index (κ2) is 8.59. The van der Waals surface area contributed by atoms with Crippen molar-refractivity contribution in [3.63, 3.8) is 0 Å². The minimum atomic E-state index is -1.58. The molecule has 0 saturated carbocycles. The first-order chi connectivity index (χ1) is 14.5. The maximum Gasteiger partial charge on any atom is 0.252 e. The minimum Gasteiger partial charge on any atom is -0.486 e. The first kappa shape index (κ1) is 20.6. The van der Waals surface area contributed by atoms with Gasteiger partial charge >= 0.3 is 0 Å². The van der Waals surface area contributed by atoms with Gasteiger partial charge in [-0.3, -0.25) is 4.79 Å². The van der Waals surface area contributed by atoms with Crippen LogP contribution in [0.15, 0.2) is 46.1 Å². The molecule has 0 fully saturated rings. The molecule has 0 radical (unpaired) electrons. The van der Waals surface area contributed by atoms with Crippen molar-refractivity contribution in [1.82, 2.24) is 9.29 Å². The number of aromatic nitrogens is 1. The summed E-state index contributed by atoms with van der Waals surface area (Å²) in [5, 5.41) is 10.4. The van der Waals surface area contributed by atoms with Crippen LogP contribution in [0.4, 0.5) is 0 Å². The van der Waals surface area contributed by atoms with Crippen LogP contribution in [-0.4, -0.2) is 45.0 Å². The molecule has 2 heterocycles. The number of aryl methyl sites for hydroxylation is 2. The second-order valence-corrected chi connectivity index (χ2v) is 8.72. The van der Waals surface area contributed by atoms with E-state index in [1.165, 1.54) is 0 Å². The normalized spacial score (nSPS) is 14.3. The summed E-state index contributed by atoms with van der Waals surface area (Å²) in [6, 6.07) is 10.9.